The van der Waals surface area contributed by atoms with Gasteiger partial charge in [-0.05, 0) is 0 Å². The minimum Gasteiger partial charge on any atom is -0.481 e. The van der Waals surface area contributed by atoms with Crippen molar-refractivity contribution in [3.8, 4) is 0 Å². The molecular weight excluding hydrogens is 274 g/mol. The molecule has 0 aliphatic heterocycles. The summed E-state index contributed by atoms with van der Waals surface area (Å²) < 4.78 is 5.06. The number of aliphatic carboxylic acids is 2. The minimum absolute atomic E-state index is 0. The maximum atomic E-state index is 10.2. The molecule has 0 bridgehead atoms. The Hall–Kier alpha value is 0.820. The molecule has 2 radical (unpaired) electrons. The Balaban J connectivity index is -0.00000128. The Kier molecular flexibility index (Phi) is 24.6. The summed E-state index contributed by atoms with van der Waals surface area (Å²) in [6.45, 7) is 3.24. The van der Waals surface area contributed by atoms with Gasteiger partial charge in [0.15, 0.2) is 0 Å². The average Bonchev–Trinajstić information content (AvgIpc) is 2.25. The molecule has 4 N–H and O–H groups in total. The number of hydrogen-bond acceptors (Lipinski definition) is 5. The monoisotopic (exact) mass is 294 g/mol. The van der Waals surface area contributed by atoms with Crippen molar-refractivity contribution in [3.05, 3.63) is 0 Å². The Morgan fingerprint density at radius 3 is 1.84 bits per heavy atom. The number of rotatable bonds is 12. The van der Waals surface area contributed by atoms with E-state index in [-0.39, 0.29) is 78.6 Å². The van der Waals surface area contributed by atoms with Gasteiger partial charge in [0.25, 0.3) is 0 Å². The number of ether oxygens (including phenoxy) is 1. The fourth-order valence-electron chi connectivity index (χ4n) is 1.03. The van der Waals surface area contributed by atoms with Crippen LogP contribution in [0.1, 0.15) is 12.8 Å². The van der Waals surface area contributed by atoms with E-state index in [1.54, 1.807) is 0 Å². The topological polar surface area (TPSA) is 108 Å². The van der Waals surface area contributed by atoms with E-state index in [4.69, 9.17) is 14.9 Å². The van der Waals surface area contributed by atoms with Crippen LogP contribution in [0, 0.1) is 0 Å². The molecule has 0 unspecified atom stereocenters. The Morgan fingerprint density at radius 2 is 1.32 bits per heavy atom. The van der Waals surface area contributed by atoms with Crippen LogP contribution in [0.4, 0.5) is 0 Å². The van der Waals surface area contributed by atoms with E-state index in [0.29, 0.717) is 26.2 Å². The van der Waals surface area contributed by atoms with Gasteiger partial charge in [-0.3, -0.25) is 9.59 Å². The summed E-state index contributed by atoms with van der Waals surface area (Å²) in [6.07, 6.45) is 0.148. The normalized spacial score (nSPS) is 9.26. The third kappa shape index (κ3) is 24.2. The maximum absolute atomic E-state index is 10.2. The summed E-state index contributed by atoms with van der Waals surface area (Å²) in [5, 5.41) is 22.7. The average molecular weight is 294 g/mol. The van der Waals surface area contributed by atoms with Crippen LogP contribution >= 0.6 is 0 Å². The van der Waals surface area contributed by atoms with E-state index in [1.807, 2.05) is 0 Å². The largest absolute Gasteiger partial charge is 0.481 e. The second-order valence-corrected chi connectivity index (χ2v) is 3.40. The van der Waals surface area contributed by atoms with E-state index in [9.17, 15) is 9.59 Å². The van der Waals surface area contributed by atoms with Gasteiger partial charge >= 0.3 is 11.9 Å². The third-order valence-electron chi connectivity index (χ3n) is 1.88. The number of carboxylic acid groups (broad SMARTS) is 2. The number of carbonyl (C=O) groups is 2. The van der Waals surface area contributed by atoms with Gasteiger partial charge in [0, 0.05) is 85.3 Å². The van der Waals surface area contributed by atoms with Crippen molar-refractivity contribution >= 4 is 71.1 Å². The standard InChI is InChI=1S/C10H20N2O5.2Na/c13-9(14)1-3-11-4-5-12-6-8-17-7-2-10(15)16;;/h11-12H,1-8H2,(H,13,14)(H,15,16);;. The first-order valence-corrected chi connectivity index (χ1v) is 5.55. The molecular formula is C10H20N2Na2O5. The minimum atomic E-state index is -0.861. The number of hydrogen-bond donors (Lipinski definition) is 4. The van der Waals surface area contributed by atoms with Crippen LogP contribution in [0.5, 0.6) is 0 Å². The molecule has 19 heavy (non-hydrogen) atoms. The summed E-state index contributed by atoms with van der Waals surface area (Å²) in [5.41, 5.74) is 0. The predicted octanol–water partition coefficient (Wildman–Crippen LogP) is -1.63. The molecule has 0 aliphatic rings. The molecule has 0 rings (SSSR count). The molecule has 102 valence electrons. The Morgan fingerprint density at radius 1 is 0.789 bits per heavy atom. The van der Waals surface area contributed by atoms with Crippen LogP contribution in [0.3, 0.4) is 0 Å². The second-order valence-electron chi connectivity index (χ2n) is 3.40. The zero-order chi connectivity index (χ0) is 12.9. The first-order chi connectivity index (χ1) is 8.13. The summed E-state index contributed by atoms with van der Waals surface area (Å²) in [5.74, 6) is -1.67. The zero-order valence-corrected chi connectivity index (χ0v) is 15.8. The third-order valence-corrected chi connectivity index (χ3v) is 1.88. The first-order valence-electron chi connectivity index (χ1n) is 5.55. The molecule has 0 amide bonds. The van der Waals surface area contributed by atoms with Crippen molar-refractivity contribution in [2.24, 2.45) is 0 Å². The van der Waals surface area contributed by atoms with Gasteiger partial charge in [-0.15, -0.1) is 0 Å². The molecule has 7 nitrogen and oxygen atoms in total. The smallest absolute Gasteiger partial charge is 0.305 e. The van der Waals surface area contributed by atoms with Gasteiger partial charge in [0.05, 0.1) is 26.1 Å². The molecule has 0 atom stereocenters. The molecule has 0 heterocycles. The van der Waals surface area contributed by atoms with Crippen molar-refractivity contribution < 1.29 is 24.5 Å². The van der Waals surface area contributed by atoms with Crippen molar-refractivity contribution in [3.63, 3.8) is 0 Å². The Bertz CT molecular complexity index is 210. The van der Waals surface area contributed by atoms with Gasteiger partial charge in [-0.1, -0.05) is 0 Å². The fourth-order valence-corrected chi connectivity index (χ4v) is 1.03. The molecule has 0 saturated carbocycles. The van der Waals surface area contributed by atoms with Crippen LogP contribution in [-0.2, 0) is 14.3 Å². The molecule has 0 fully saturated rings. The van der Waals surface area contributed by atoms with Gasteiger partial charge in [-0.2, -0.15) is 0 Å². The van der Waals surface area contributed by atoms with Crippen molar-refractivity contribution in [2.75, 3.05) is 39.4 Å². The van der Waals surface area contributed by atoms with E-state index < -0.39 is 11.9 Å². The van der Waals surface area contributed by atoms with E-state index in [2.05, 4.69) is 10.6 Å². The Labute approximate surface area is 157 Å². The number of nitrogens with one attached hydrogen (secondary N) is 2. The molecule has 9 heteroatoms. The van der Waals surface area contributed by atoms with Gasteiger partial charge < -0.3 is 25.6 Å². The molecule has 0 saturated heterocycles. The van der Waals surface area contributed by atoms with Gasteiger partial charge in [0.1, 0.15) is 0 Å². The predicted molar refractivity (Wildman–Crippen MR) is 72.6 cm³/mol. The summed E-state index contributed by atoms with van der Waals surface area (Å²) in [6, 6.07) is 0. The van der Waals surface area contributed by atoms with E-state index in [1.165, 1.54) is 0 Å². The molecule has 0 aromatic rings. The second kappa shape index (κ2) is 18.8. The van der Waals surface area contributed by atoms with Gasteiger partial charge in [-0.25, -0.2) is 0 Å². The van der Waals surface area contributed by atoms with Crippen LogP contribution in [-0.4, -0.2) is 121 Å². The van der Waals surface area contributed by atoms with E-state index in [0.717, 1.165) is 6.54 Å². The summed E-state index contributed by atoms with van der Waals surface area (Å²) in [4.78, 5) is 20.3. The van der Waals surface area contributed by atoms with Crippen LogP contribution in [0.25, 0.3) is 0 Å². The quantitative estimate of drug-likeness (QED) is 0.253. The molecule has 0 aromatic heterocycles. The summed E-state index contributed by atoms with van der Waals surface area (Å²) in [7, 11) is 0. The van der Waals surface area contributed by atoms with E-state index >= 15 is 0 Å². The number of carboxylic acids is 2. The molecule has 0 spiro atoms. The van der Waals surface area contributed by atoms with Crippen LogP contribution < -0.4 is 10.6 Å². The van der Waals surface area contributed by atoms with Crippen molar-refractivity contribution in [1.82, 2.24) is 10.6 Å². The first kappa shape index (κ1) is 24.8. The summed E-state index contributed by atoms with van der Waals surface area (Å²) >= 11 is 0. The molecule has 0 aromatic carbocycles. The maximum Gasteiger partial charge on any atom is 0.305 e. The fraction of sp³-hybridized carbons (Fsp3) is 0.800. The zero-order valence-electron chi connectivity index (χ0n) is 11.8. The van der Waals surface area contributed by atoms with Gasteiger partial charge in [0.2, 0.25) is 0 Å². The van der Waals surface area contributed by atoms with Crippen LogP contribution in [0.15, 0.2) is 0 Å². The molecule has 0 aliphatic carbocycles. The van der Waals surface area contributed by atoms with Crippen molar-refractivity contribution in [2.45, 2.75) is 12.8 Å². The van der Waals surface area contributed by atoms with Crippen molar-refractivity contribution in [1.29, 1.82) is 0 Å². The SMILES string of the molecule is O=C(O)CCNCCNCCOCCC(=O)O.[Na].[Na]. The van der Waals surface area contributed by atoms with Crippen LogP contribution in [0.2, 0.25) is 0 Å².